The highest BCUT2D eigenvalue weighted by atomic mass is 19.1. The Morgan fingerprint density at radius 3 is 2.38 bits per heavy atom. The molecule has 0 bridgehead atoms. The monoisotopic (exact) mass is 325 g/mol. The SMILES string of the molecule is O=C(Nc1cccc(F)c1)c1cc(Nc2ccc(F)cc2)ccn1. The van der Waals surface area contributed by atoms with Crippen LogP contribution in [0.2, 0.25) is 0 Å². The summed E-state index contributed by atoms with van der Waals surface area (Å²) in [6.45, 7) is 0. The van der Waals surface area contributed by atoms with Crippen LogP contribution in [0.3, 0.4) is 0 Å². The summed E-state index contributed by atoms with van der Waals surface area (Å²) in [6.07, 6.45) is 1.48. The summed E-state index contributed by atoms with van der Waals surface area (Å²) in [5.41, 5.74) is 1.82. The number of hydrogen-bond donors (Lipinski definition) is 2. The van der Waals surface area contributed by atoms with Crippen LogP contribution in [0.5, 0.6) is 0 Å². The highest BCUT2D eigenvalue weighted by molar-refractivity contribution is 6.03. The van der Waals surface area contributed by atoms with Crippen molar-refractivity contribution in [3.8, 4) is 0 Å². The molecule has 2 aromatic carbocycles. The second kappa shape index (κ2) is 6.87. The second-order valence-corrected chi connectivity index (χ2v) is 5.03. The molecule has 120 valence electrons. The van der Waals surface area contributed by atoms with Crippen molar-refractivity contribution in [2.24, 2.45) is 0 Å². The van der Waals surface area contributed by atoms with E-state index in [-0.39, 0.29) is 11.5 Å². The molecule has 3 aromatic rings. The lowest BCUT2D eigenvalue weighted by Gasteiger charge is -2.08. The minimum absolute atomic E-state index is 0.173. The van der Waals surface area contributed by atoms with E-state index in [1.807, 2.05) is 0 Å². The highest BCUT2D eigenvalue weighted by Crippen LogP contribution is 2.18. The number of nitrogens with zero attached hydrogens (tertiary/aromatic N) is 1. The van der Waals surface area contributed by atoms with Crippen molar-refractivity contribution in [2.45, 2.75) is 0 Å². The Bertz CT molecular complexity index is 866. The van der Waals surface area contributed by atoms with Crippen LogP contribution < -0.4 is 10.6 Å². The summed E-state index contributed by atoms with van der Waals surface area (Å²) in [6, 6.07) is 14.7. The van der Waals surface area contributed by atoms with Crippen LogP contribution >= 0.6 is 0 Å². The molecule has 24 heavy (non-hydrogen) atoms. The zero-order chi connectivity index (χ0) is 16.9. The van der Waals surface area contributed by atoms with Crippen molar-refractivity contribution in [3.63, 3.8) is 0 Å². The van der Waals surface area contributed by atoms with Crippen LogP contribution in [-0.4, -0.2) is 10.9 Å². The fourth-order valence-electron chi connectivity index (χ4n) is 2.09. The normalized spacial score (nSPS) is 10.2. The number of carbonyl (C=O) groups excluding carboxylic acids is 1. The molecule has 0 radical (unpaired) electrons. The minimum Gasteiger partial charge on any atom is -0.355 e. The van der Waals surface area contributed by atoms with Crippen molar-refractivity contribution < 1.29 is 13.6 Å². The zero-order valence-corrected chi connectivity index (χ0v) is 12.5. The van der Waals surface area contributed by atoms with E-state index in [1.165, 1.54) is 36.5 Å². The van der Waals surface area contributed by atoms with Gasteiger partial charge in [0.1, 0.15) is 17.3 Å². The molecule has 0 aliphatic rings. The first-order valence-electron chi connectivity index (χ1n) is 7.16. The molecular formula is C18H13F2N3O. The van der Waals surface area contributed by atoms with Crippen LogP contribution in [0.1, 0.15) is 10.5 Å². The van der Waals surface area contributed by atoms with Crippen molar-refractivity contribution in [3.05, 3.63) is 84.2 Å². The number of nitrogens with one attached hydrogen (secondary N) is 2. The largest absolute Gasteiger partial charge is 0.355 e. The van der Waals surface area contributed by atoms with Crippen LogP contribution in [0.15, 0.2) is 66.9 Å². The van der Waals surface area contributed by atoms with Gasteiger partial charge in [-0.25, -0.2) is 8.78 Å². The maximum atomic E-state index is 13.2. The van der Waals surface area contributed by atoms with Gasteiger partial charge in [0.15, 0.2) is 0 Å². The fraction of sp³-hybridized carbons (Fsp3) is 0. The van der Waals surface area contributed by atoms with Crippen LogP contribution in [0.4, 0.5) is 25.8 Å². The maximum Gasteiger partial charge on any atom is 0.274 e. The fourth-order valence-corrected chi connectivity index (χ4v) is 2.09. The highest BCUT2D eigenvalue weighted by Gasteiger charge is 2.09. The predicted molar refractivity (Wildman–Crippen MR) is 88.3 cm³/mol. The number of rotatable bonds is 4. The Balaban J connectivity index is 1.74. The first-order valence-corrected chi connectivity index (χ1v) is 7.16. The van der Waals surface area contributed by atoms with E-state index >= 15 is 0 Å². The number of hydrogen-bond acceptors (Lipinski definition) is 3. The van der Waals surface area contributed by atoms with Gasteiger partial charge in [0.05, 0.1) is 0 Å². The second-order valence-electron chi connectivity index (χ2n) is 5.03. The van der Waals surface area contributed by atoms with E-state index in [2.05, 4.69) is 15.6 Å². The van der Waals surface area contributed by atoms with Gasteiger partial charge in [-0.1, -0.05) is 6.07 Å². The maximum absolute atomic E-state index is 13.2. The van der Waals surface area contributed by atoms with E-state index in [9.17, 15) is 13.6 Å². The third-order valence-corrected chi connectivity index (χ3v) is 3.21. The molecule has 0 spiro atoms. The average Bonchev–Trinajstić information content (AvgIpc) is 2.57. The molecule has 0 fully saturated rings. The van der Waals surface area contributed by atoms with Gasteiger partial charge < -0.3 is 10.6 Å². The van der Waals surface area contributed by atoms with Crippen LogP contribution in [-0.2, 0) is 0 Å². The molecule has 4 nitrogen and oxygen atoms in total. The third-order valence-electron chi connectivity index (χ3n) is 3.21. The number of aromatic nitrogens is 1. The number of pyridine rings is 1. The molecule has 1 amide bonds. The molecule has 0 unspecified atom stereocenters. The zero-order valence-electron chi connectivity index (χ0n) is 12.5. The number of carbonyl (C=O) groups is 1. The van der Waals surface area contributed by atoms with Gasteiger partial charge in [-0.15, -0.1) is 0 Å². The molecule has 1 heterocycles. The van der Waals surface area contributed by atoms with Gasteiger partial charge in [0, 0.05) is 23.3 Å². The van der Waals surface area contributed by atoms with Gasteiger partial charge in [-0.05, 0) is 54.6 Å². The summed E-state index contributed by atoms with van der Waals surface area (Å²) < 4.78 is 26.1. The average molecular weight is 325 g/mol. The Hall–Kier alpha value is -3.28. The number of amides is 1. The van der Waals surface area contributed by atoms with Gasteiger partial charge in [-0.3, -0.25) is 9.78 Å². The molecule has 0 aliphatic carbocycles. The molecule has 0 saturated carbocycles. The Labute approximate surface area is 137 Å². The van der Waals surface area contributed by atoms with Gasteiger partial charge >= 0.3 is 0 Å². The van der Waals surface area contributed by atoms with E-state index in [4.69, 9.17) is 0 Å². The van der Waals surface area contributed by atoms with E-state index in [0.29, 0.717) is 17.1 Å². The third kappa shape index (κ3) is 3.92. The van der Waals surface area contributed by atoms with Crippen LogP contribution in [0, 0.1) is 11.6 Å². The van der Waals surface area contributed by atoms with Crippen LogP contribution in [0.25, 0.3) is 0 Å². The lowest BCUT2D eigenvalue weighted by atomic mass is 10.2. The molecule has 1 aromatic heterocycles. The first-order chi connectivity index (χ1) is 11.6. The van der Waals surface area contributed by atoms with Gasteiger partial charge in [-0.2, -0.15) is 0 Å². The molecule has 2 N–H and O–H groups in total. The number of anilines is 3. The summed E-state index contributed by atoms with van der Waals surface area (Å²) in [4.78, 5) is 16.2. The van der Waals surface area contributed by atoms with Gasteiger partial charge in [0.25, 0.3) is 5.91 Å². The lowest BCUT2D eigenvalue weighted by Crippen LogP contribution is -2.13. The Morgan fingerprint density at radius 1 is 0.833 bits per heavy atom. The number of halogens is 2. The Morgan fingerprint density at radius 2 is 1.62 bits per heavy atom. The number of benzene rings is 2. The van der Waals surface area contributed by atoms with Crippen molar-refractivity contribution in [1.29, 1.82) is 0 Å². The Kier molecular flexibility index (Phi) is 4.47. The molecule has 6 heteroatoms. The van der Waals surface area contributed by atoms with E-state index in [0.717, 1.165) is 0 Å². The molecule has 0 atom stereocenters. The van der Waals surface area contributed by atoms with Gasteiger partial charge in [0.2, 0.25) is 0 Å². The molecular weight excluding hydrogens is 312 g/mol. The summed E-state index contributed by atoms with van der Waals surface area (Å²) in [5.74, 6) is -1.22. The van der Waals surface area contributed by atoms with E-state index < -0.39 is 11.7 Å². The van der Waals surface area contributed by atoms with Crippen molar-refractivity contribution in [1.82, 2.24) is 4.98 Å². The lowest BCUT2D eigenvalue weighted by molar-refractivity contribution is 0.102. The first kappa shape index (κ1) is 15.6. The topological polar surface area (TPSA) is 54.0 Å². The van der Waals surface area contributed by atoms with Crippen molar-refractivity contribution in [2.75, 3.05) is 10.6 Å². The molecule has 0 aliphatic heterocycles. The molecule has 0 saturated heterocycles. The summed E-state index contributed by atoms with van der Waals surface area (Å²) in [5, 5.41) is 5.63. The smallest absolute Gasteiger partial charge is 0.274 e. The minimum atomic E-state index is -0.455. The predicted octanol–water partition coefficient (Wildman–Crippen LogP) is 4.36. The van der Waals surface area contributed by atoms with E-state index in [1.54, 1.807) is 30.3 Å². The standard InChI is InChI=1S/C18H13F2N3O/c19-12-4-6-14(7-5-12)22-16-8-9-21-17(11-16)18(24)23-15-3-1-2-13(20)10-15/h1-11H,(H,21,22)(H,23,24). The van der Waals surface area contributed by atoms with Crippen molar-refractivity contribution >= 4 is 23.0 Å². The summed E-state index contributed by atoms with van der Waals surface area (Å²) >= 11 is 0. The quantitative estimate of drug-likeness (QED) is 0.749. The summed E-state index contributed by atoms with van der Waals surface area (Å²) in [7, 11) is 0. The molecule has 3 rings (SSSR count).